The second-order valence-electron chi connectivity index (χ2n) is 13.2. The number of thioether (sulfide) groups is 1. The summed E-state index contributed by atoms with van der Waals surface area (Å²) in [5.41, 5.74) is 4.57. The van der Waals surface area contributed by atoms with Crippen LogP contribution in [0.25, 0.3) is 0 Å². The lowest BCUT2D eigenvalue weighted by Crippen LogP contribution is -2.63. The molecule has 4 saturated heterocycles. The lowest BCUT2D eigenvalue weighted by atomic mass is 9.83. The van der Waals surface area contributed by atoms with Crippen LogP contribution in [0.5, 0.6) is 0 Å². The maximum Gasteiger partial charge on any atom is 0.335 e. The highest BCUT2D eigenvalue weighted by Crippen LogP contribution is 2.40. The summed E-state index contributed by atoms with van der Waals surface area (Å²) in [6, 6.07) is 7.87. The number of nitrogens with one attached hydrogen (secondary N) is 3. The van der Waals surface area contributed by atoms with E-state index in [-0.39, 0.29) is 30.9 Å². The SMILES string of the molecule is Cc1cc(NC2NN([C@]3(CC#N)CC[C@@H](C(=O)OC(C)(C)C)OC3)C3CCNC(=O)C23)ccc1C(=O)N1CCSC(C)C1. The Bertz CT molecular complexity index is 1270. The molecule has 4 aliphatic heterocycles. The number of ether oxygens (including phenoxy) is 2. The first-order chi connectivity index (χ1) is 20.4. The third-order valence-corrected chi connectivity index (χ3v) is 9.88. The summed E-state index contributed by atoms with van der Waals surface area (Å²) >= 11 is 1.89. The number of benzene rings is 1. The Balaban J connectivity index is 1.32. The molecule has 234 valence electrons. The number of nitrogens with zero attached hydrogens (tertiary/aromatic N) is 3. The van der Waals surface area contributed by atoms with Crippen LogP contribution in [-0.2, 0) is 19.1 Å². The molecule has 0 radical (unpaired) electrons. The maximum absolute atomic E-state index is 13.3. The van der Waals surface area contributed by atoms with Gasteiger partial charge in [0.1, 0.15) is 11.8 Å². The van der Waals surface area contributed by atoms with Crippen molar-refractivity contribution in [3.63, 3.8) is 0 Å². The lowest BCUT2D eigenvalue weighted by Gasteiger charge is -2.47. The first-order valence-electron chi connectivity index (χ1n) is 15.2. The Morgan fingerprint density at radius 1 is 1.30 bits per heavy atom. The topological polar surface area (TPSA) is 136 Å². The largest absolute Gasteiger partial charge is 0.458 e. The van der Waals surface area contributed by atoms with Gasteiger partial charge in [-0.25, -0.2) is 15.2 Å². The van der Waals surface area contributed by atoms with Gasteiger partial charge >= 0.3 is 5.97 Å². The van der Waals surface area contributed by atoms with E-state index in [0.29, 0.717) is 36.6 Å². The zero-order valence-corrected chi connectivity index (χ0v) is 26.6. The quantitative estimate of drug-likeness (QED) is 0.412. The maximum atomic E-state index is 13.3. The van der Waals surface area contributed by atoms with Gasteiger partial charge in [-0.15, -0.1) is 0 Å². The molecule has 0 bridgehead atoms. The molecule has 1 aromatic rings. The van der Waals surface area contributed by atoms with E-state index in [2.05, 4.69) is 34.1 Å². The van der Waals surface area contributed by atoms with Crippen molar-refractivity contribution in [2.75, 3.05) is 37.3 Å². The van der Waals surface area contributed by atoms with Crippen molar-refractivity contribution in [2.45, 2.75) is 95.0 Å². The highest BCUT2D eigenvalue weighted by molar-refractivity contribution is 7.99. The number of aryl methyl sites for hydroxylation is 1. The van der Waals surface area contributed by atoms with E-state index in [1.54, 1.807) is 0 Å². The minimum Gasteiger partial charge on any atom is -0.458 e. The summed E-state index contributed by atoms with van der Waals surface area (Å²) < 4.78 is 11.6. The van der Waals surface area contributed by atoms with Gasteiger partial charge in [-0.1, -0.05) is 6.92 Å². The third-order valence-electron chi connectivity index (χ3n) is 8.75. The predicted octanol–water partition coefficient (Wildman–Crippen LogP) is 2.81. The van der Waals surface area contributed by atoms with Crippen LogP contribution in [0.15, 0.2) is 18.2 Å². The molecular weight excluding hydrogens is 568 g/mol. The summed E-state index contributed by atoms with van der Waals surface area (Å²) in [7, 11) is 0. The molecule has 0 aliphatic carbocycles. The van der Waals surface area contributed by atoms with E-state index in [4.69, 9.17) is 9.47 Å². The zero-order chi connectivity index (χ0) is 30.9. The van der Waals surface area contributed by atoms with Gasteiger partial charge in [-0.05, 0) is 70.7 Å². The normalized spacial score (nSPS) is 31.5. The first kappa shape index (κ1) is 31.6. The van der Waals surface area contributed by atoms with Crippen molar-refractivity contribution < 1.29 is 23.9 Å². The van der Waals surface area contributed by atoms with Crippen LogP contribution in [0.3, 0.4) is 0 Å². The molecule has 4 unspecified atom stereocenters. The lowest BCUT2D eigenvalue weighted by molar-refractivity contribution is -0.180. The van der Waals surface area contributed by atoms with Crippen molar-refractivity contribution in [1.29, 1.82) is 5.26 Å². The number of amides is 2. The van der Waals surface area contributed by atoms with E-state index in [9.17, 15) is 19.6 Å². The number of hydrogen-bond acceptors (Lipinski definition) is 10. The third kappa shape index (κ3) is 6.80. The van der Waals surface area contributed by atoms with Gasteiger partial charge in [-0.2, -0.15) is 17.0 Å². The molecule has 1 aromatic carbocycles. The van der Waals surface area contributed by atoms with Gasteiger partial charge < -0.3 is 25.0 Å². The Labute approximate surface area is 258 Å². The smallest absolute Gasteiger partial charge is 0.335 e. The molecular formula is C31H44N6O5S. The minimum absolute atomic E-state index is 0.0496. The fraction of sp³-hybridized carbons (Fsp3) is 0.677. The molecule has 2 amide bonds. The van der Waals surface area contributed by atoms with Crippen molar-refractivity contribution in [2.24, 2.45) is 5.92 Å². The molecule has 11 nitrogen and oxygen atoms in total. The van der Waals surface area contributed by atoms with Crippen LogP contribution >= 0.6 is 11.8 Å². The highest BCUT2D eigenvalue weighted by Gasteiger charge is 2.56. The average Bonchev–Trinajstić information content (AvgIpc) is 3.32. The number of piperidine rings is 1. The number of carbonyl (C=O) groups is 3. The van der Waals surface area contributed by atoms with E-state index in [1.807, 2.05) is 62.6 Å². The molecule has 43 heavy (non-hydrogen) atoms. The van der Waals surface area contributed by atoms with E-state index < -0.39 is 35.3 Å². The number of rotatable bonds is 6. The Kier molecular flexibility index (Phi) is 9.28. The van der Waals surface area contributed by atoms with Gasteiger partial charge in [-0.3, -0.25) is 9.59 Å². The molecule has 0 saturated carbocycles. The summed E-state index contributed by atoms with van der Waals surface area (Å²) in [4.78, 5) is 41.1. The van der Waals surface area contributed by atoms with Crippen LogP contribution < -0.4 is 16.1 Å². The van der Waals surface area contributed by atoms with Crippen LogP contribution in [0.4, 0.5) is 5.69 Å². The summed E-state index contributed by atoms with van der Waals surface area (Å²) in [5, 5.41) is 18.8. The minimum atomic E-state index is -0.708. The highest BCUT2D eigenvalue weighted by atomic mass is 32.2. The number of carbonyl (C=O) groups excluding carboxylic acids is 3. The number of fused-ring (bicyclic) bond motifs is 1. The second-order valence-corrected chi connectivity index (χ2v) is 14.7. The number of anilines is 1. The Morgan fingerprint density at radius 2 is 2.09 bits per heavy atom. The molecule has 4 aliphatic rings. The van der Waals surface area contributed by atoms with E-state index >= 15 is 0 Å². The molecule has 6 atom stereocenters. The standard InChI is InChI=1S/C31H44N6O5S/c1-19-16-21(6-7-22(19)28(39)36-14-15-43-20(2)17-36)34-26-25-23(9-13-33-27(25)38)37(35-26)31(11-12-32)10-8-24(41-18-31)29(40)42-30(3,4)5/h6-7,16,20,23-26,34-35H,8-11,13-15,17-18H2,1-5H3,(H,33,38)/t20?,23?,24-,25?,26?,31-/m0/s1. The van der Waals surface area contributed by atoms with E-state index in [1.165, 1.54) is 0 Å². The summed E-state index contributed by atoms with van der Waals surface area (Å²) in [6.45, 7) is 11.8. The molecule has 4 heterocycles. The number of esters is 1. The van der Waals surface area contributed by atoms with Crippen molar-refractivity contribution >= 4 is 35.2 Å². The van der Waals surface area contributed by atoms with Gasteiger partial charge in [0.25, 0.3) is 5.91 Å². The van der Waals surface area contributed by atoms with Crippen molar-refractivity contribution in [3.8, 4) is 6.07 Å². The monoisotopic (exact) mass is 612 g/mol. The Morgan fingerprint density at radius 3 is 2.74 bits per heavy atom. The number of hydrazine groups is 1. The van der Waals surface area contributed by atoms with Gasteiger partial charge in [0.2, 0.25) is 5.91 Å². The van der Waals surface area contributed by atoms with Gasteiger partial charge in [0, 0.05) is 47.9 Å². The zero-order valence-electron chi connectivity index (χ0n) is 25.8. The van der Waals surface area contributed by atoms with Crippen molar-refractivity contribution in [1.82, 2.24) is 20.7 Å². The Hall–Kier alpha value is -2.85. The molecule has 0 spiro atoms. The van der Waals surface area contributed by atoms with Crippen LogP contribution in [0, 0.1) is 24.2 Å². The van der Waals surface area contributed by atoms with Crippen LogP contribution in [-0.4, -0.2) is 94.4 Å². The second kappa shape index (κ2) is 12.6. The number of nitriles is 1. The molecule has 4 fully saturated rings. The van der Waals surface area contributed by atoms with Crippen LogP contribution in [0.2, 0.25) is 0 Å². The summed E-state index contributed by atoms with van der Waals surface area (Å²) in [6.07, 6.45) is 0.721. The summed E-state index contributed by atoms with van der Waals surface area (Å²) in [5.74, 6) is 0.128. The van der Waals surface area contributed by atoms with Crippen molar-refractivity contribution in [3.05, 3.63) is 29.3 Å². The first-order valence-corrected chi connectivity index (χ1v) is 16.3. The fourth-order valence-corrected chi connectivity index (χ4v) is 7.70. The van der Waals surface area contributed by atoms with Crippen LogP contribution in [0.1, 0.15) is 69.3 Å². The van der Waals surface area contributed by atoms with Gasteiger partial charge in [0.15, 0.2) is 6.10 Å². The number of hydrogen-bond donors (Lipinski definition) is 3. The van der Waals surface area contributed by atoms with Gasteiger partial charge in [0.05, 0.1) is 30.6 Å². The molecule has 5 rings (SSSR count). The molecule has 3 N–H and O–H groups in total. The predicted molar refractivity (Wildman–Crippen MR) is 164 cm³/mol. The molecule has 12 heteroatoms. The fourth-order valence-electron chi connectivity index (χ4n) is 6.69. The average molecular weight is 613 g/mol. The molecule has 0 aromatic heterocycles. The van der Waals surface area contributed by atoms with E-state index in [0.717, 1.165) is 30.1 Å².